The van der Waals surface area contributed by atoms with Gasteiger partial charge < -0.3 is 10.0 Å². The fourth-order valence-electron chi connectivity index (χ4n) is 2.85. The standard InChI is InChI=1S/C20H24BrFN2O2/c1-15(2)24(18-6-4-3-5-7-18)20(26)14-23(10-11-25)13-16-12-17(21)8-9-19(16)22/h3-9,12,15,25H,10-11,13-14H2,1-2H3. The first-order valence-corrected chi connectivity index (χ1v) is 9.36. The van der Waals surface area contributed by atoms with Crippen LogP contribution < -0.4 is 4.90 Å². The van der Waals surface area contributed by atoms with Crippen LogP contribution in [0.2, 0.25) is 0 Å². The largest absolute Gasteiger partial charge is 0.395 e. The average molecular weight is 423 g/mol. The summed E-state index contributed by atoms with van der Waals surface area (Å²) in [6.45, 7) is 4.44. The number of para-hydroxylation sites is 1. The molecule has 0 atom stereocenters. The van der Waals surface area contributed by atoms with Crippen LogP contribution in [0.15, 0.2) is 53.0 Å². The minimum absolute atomic E-state index is 0.0107. The summed E-state index contributed by atoms with van der Waals surface area (Å²) in [5.41, 5.74) is 1.31. The maximum Gasteiger partial charge on any atom is 0.241 e. The Morgan fingerprint density at radius 3 is 2.50 bits per heavy atom. The highest BCUT2D eigenvalue weighted by atomic mass is 79.9. The summed E-state index contributed by atoms with van der Waals surface area (Å²) in [5, 5.41) is 9.35. The Balaban J connectivity index is 2.17. The van der Waals surface area contributed by atoms with Crippen molar-refractivity contribution in [3.8, 4) is 0 Å². The molecule has 0 aromatic heterocycles. The van der Waals surface area contributed by atoms with Crippen molar-refractivity contribution < 1.29 is 14.3 Å². The number of halogens is 2. The van der Waals surface area contributed by atoms with Gasteiger partial charge in [0.1, 0.15) is 5.82 Å². The Kier molecular flexibility index (Phi) is 7.75. The van der Waals surface area contributed by atoms with Crippen molar-refractivity contribution in [2.24, 2.45) is 0 Å². The number of hydrogen-bond acceptors (Lipinski definition) is 3. The SMILES string of the molecule is CC(C)N(C(=O)CN(CCO)Cc1cc(Br)ccc1F)c1ccccc1. The number of benzene rings is 2. The number of rotatable bonds is 8. The van der Waals surface area contributed by atoms with Gasteiger partial charge in [0.25, 0.3) is 0 Å². The Labute approximate surface area is 162 Å². The van der Waals surface area contributed by atoms with Gasteiger partial charge in [0.2, 0.25) is 5.91 Å². The van der Waals surface area contributed by atoms with Crippen LogP contribution in [0, 0.1) is 5.82 Å². The molecule has 140 valence electrons. The zero-order valence-electron chi connectivity index (χ0n) is 15.0. The second kappa shape index (κ2) is 9.80. The average Bonchev–Trinajstić information content (AvgIpc) is 2.59. The van der Waals surface area contributed by atoms with Crippen LogP contribution in [0.3, 0.4) is 0 Å². The summed E-state index contributed by atoms with van der Waals surface area (Å²) < 4.78 is 14.8. The van der Waals surface area contributed by atoms with E-state index in [-0.39, 0.29) is 37.5 Å². The highest BCUT2D eigenvalue weighted by Gasteiger charge is 2.22. The summed E-state index contributed by atoms with van der Waals surface area (Å²) in [5.74, 6) is -0.414. The summed E-state index contributed by atoms with van der Waals surface area (Å²) in [4.78, 5) is 16.4. The molecule has 0 heterocycles. The lowest BCUT2D eigenvalue weighted by Gasteiger charge is -2.30. The second-order valence-corrected chi connectivity index (χ2v) is 7.28. The van der Waals surface area contributed by atoms with Gasteiger partial charge in [0, 0.05) is 34.9 Å². The van der Waals surface area contributed by atoms with E-state index in [2.05, 4.69) is 15.9 Å². The van der Waals surface area contributed by atoms with Gasteiger partial charge in [-0.2, -0.15) is 0 Å². The first kappa shape index (κ1) is 20.6. The van der Waals surface area contributed by atoms with Crippen LogP contribution in [0.25, 0.3) is 0 Å². The highest BCUT2D eigenvalue weighted by Crippen LogP contribution is 2.19. The monoisotopic (exact) mass is 422 g/mol. The molecule has 4 nitrogen and oxygen atoms in total. The van der Waals surface area contributed by atoms with Gasteiger partial charge >= 0.3 is 0 Å². The van der Waals surface area contributed by atoms with Crippen molar-refractivity contribution in [3.05, 3.63) is 64.4 Å². The third-order valence-electron chi connectivity index (χ3n) is 4.00. The third-order valence-corrected chi connectivity index (χ3v) is 4.49. The minimum Gasteiger partial charge on any atom is -0.395 e. The van der Waals surface area contributed by atoms with Crippen LogP contribution in [-0.4, -0.2) is 41.7 Å². The molecule has 6 heteroatoms. The lowest BCUT2D eigenvalue weighted by atomic mass is 10.2. The smallest absolute Gasteiger partial charge is 0.241 e. The molecule has 2 aromatic rings. The number of carbonyl (C=O) groups is 1. The Bertz CT molecular complexity index is 725. The molecule has 0 aliphatic carbocycles. The van der Waals surface area contributed by atoms with Gasteiger partial charge in [0.05, 0.1) is 13.2 Å². The van der Waals surface area contributed by atoms with Crippen molar-refractivity contribution in [1.82, 2.24) is 4.90 Å². The van der Waals surface area contributed by atoms with Gasteiger partial charge in [-0.1, -0.05) is 34.1 Å². The summed E-state index contributed by atoms with van der Waals surface area (Å²) >= 11 is 3.34. The molecule has 1 amide bonds. The van der Waals surface area contributed by atoms with E-state index in [1.165, 1.54) is 6.07 Å². The quantitative estimate of drug-likeness (QED) is 0.702. The van der Waals surface area contributed by atoms with Crippen LogP contribution in [0.1, 0.15) is 19.4 Å². The third kappa shape index (κ3) is 5.62. The summed E-state index contributed by atoms with van der Waals surface area (Å²) in [7, 11) is 0. The fourth-order valence-corrected chi connectivity index (χ4v) is 3.26. The molecule has 0 unspecified atom stereocenters. The molecule has 0 spiro atoms. The van der Waals surface area contributed by atoms with E-state index in [4.69, 9.17) is 0 Å². The molecular formula is C20H24BrFN2O2. The maximum atomic E-state index is 14.1. The molecule has 0 saturated carbocycles. The second-order valence-electron chi connectivity index (χ2n) is 6.36. The zero-order chi connectivity index (χ0) is 19.1. The van der Waals surface area contributed by atoms with Crippen LogP contribution >= 0.6 is 15.9 Å². The molecule has 0 fully saturated rings. The Morgan fingerprint density at radius 2 is 1.88 bits per heavy atom. The molecule has 2 rings (SSSR count). The number of aliphatic hydroxyl groups is 1. The van der Waals surface area contributed by atoms with Crippen LogP contribution in [0.4, 0.5) is 10.1 Å². The minimum atomic E-state index is -0.327. The van der Waals surface area contributed by atoms with Gasteiger partial charge in [-0.05, 0) is 44.2 Å². The molecule has 0 bridgehead atoms. The summed E-state index contributed by atoms with van der Waals surface area (Å²) in [6, 6.07) is 14.2. The van der Waals surface area contributed by atoms with Crippen molar-refractivity contribution in [1.29, 1.82) is 0 Å². The van der Waals surface area contributed by atoms with Crippen molar-refractivity contribution in [2.45, 2.75) is 26.4 Å². The molecule has 0 radical (unpaired) electrons. The number of carbonyl (C=O) groups excluding carboxylic acids is 1. The maximum absolute atomic E-state index is 14.1. The Morgan fingerprint density at radius 1 is 1.19 bits per heavy atom. The van der Waals surface area contributed by atoms with E-state index in [1.807, 2.05) is 44.2 Å². The first-order valence-electron chi connectivity index (χ1n) is 8.56. The first-order chi connectivity index (χ1) is 12.4. The molecule has 26 heavy (non-hydrogen) atoms. The van der Waals surface area contributed by atoms with E-state index >= 15 is 0 Å². The fraction of sp³-hybridized carbons (Fsp3) is 0.350. The zero-order valence-corrected chi connectivity index (χ0v) is 16.6. The number of amides is 1. The van der Waals surface area contributed by atoms with Crippen molar-refractivity contribution in [2.75, 3.05) is 24.6 Å². The molecule has 0 aliphatic rings. The Hall–Kier alpha value is -1.76. The lowest BCUT2D eigenvalue weighted by molar-refractivity contribution is -0.120. The van der Waals surface area contributed by atoms with Gasteiger partial charge in [-0.3, -0.25) is 9.69 Å². The van der Waals surface area contributed by atoms with Crippen molar-refractivity contribution >= 4 is 27.5 Å². The predicted octanol–water partition coefficient (Wildman–Crippen LogP) is 3.82. The topological polar surface area (TPSA) is 43.8 Å². The molecule has 0 saturated heterocycles. The van der Waals surface area contributed by atoms with E-state index < -0.39 is 0 Å². The van der Waals surface area contributed by atoms with Gasteiger partial charge in [0.15, 0.2) is 0 Å². The molecular weight excluding hydrogens is 399 g/mol. The number of hydrogen-bond donors (Lipinski definition) is 1. The summed E-state index contributed by atoms with van der Waals surface area (Å²) in [6.07, 6.45) is 0. The van der Waals surface area contributed by atoms with Crippen LogP contribution in [-0.2, 0) is 11.3 Å². The van der Waals surface area contributed by atoms with E-state index in [9.17, 15) is 14.3 Å². The normalized spacial score (nSPS) is 11.2. The van der Waals surface area contributed by atoms with Crippen molar-refractivity contribution in [3.63, 3.8) is 0 Å². The highest BCUT2D eigenvalue weighted by molar-refractivity contribution is 9.10. The molecule has 2 aromatic carbocycles. The van der Waals surface area contributed by atoms with E-state index in [0.717, 1.165) is 10.2 Å². The lowest BCUT2D eigenvalue weighted by Crippen LogP contribution is -2.44. The molecule has 1 N–H and O–H groups in total. The van der Waals surface area contributed by atoms with Crippen LogP contribution in [0.5, 0.6) is 0 Å². The number of nitrogens with zero attached hydrogens (tertiary/aromatic N) is 2. The van der Waals surface area contributed by atoms with Gasteiger partial charge in [-0.25, -0.2) is 4.39 Å². The number of aliphatic hydroxyl groups excluding tert-OH is 1. The molecule has 0 aliphatic heterocycles. The number of anilines is 1. The van der Waals surface area contributed by atoms with E-state index in [0.29, 0.717) is 12.1 Å². The van der Waals surface area contributed by atoms with E-state index in [1.54, 1.807) is 21.9 Å². The predicted molar refractivity (Wildman–Crippen MR) is 106 cm³/mol. The van der Waals surface area contributed by atoms with Gasteiger partial charge in [-0.15, -0.1) is 0 Å².